The van der Waals surface area contributed by atoms with Gasteiger partial charge in [-0.25, -0.2) is 4.98 Å². The first-order chi connectivity index (χ1) is 7.79. The van der Waals surface area contributed by atoms with E-state index < -0.39 is 0 Å². The number of anilines is 1. The fourth-order valence-corrected chi connectivity index (χ4v) is 2.05. The number of aromatic nitrogens is 1. The van der Waals surface area contributed by atoms with Crippen LogP contribution in [-0.4, -0.2) is 49.2 Å². The van der Waals surface area contributed by atoms with E-state index in [-0.39, 0.29) is 12.4 Å². The number of piperazine rings is 1. The maximum atomic E-state index is 5.81. The van der Waals surface area contributed by atoms with E-state index in [1.807, 2.05) is 12.1 Å². The second kappa shape index (κ2) is 7.01. The first-order valence-electron chi connectivity index (χ1n) is 5.58. The summed E-state index contributed by atoms with van der Waals surface area (Å²) in [6.07, 6.45) is 1.70. The highest BCUT2D eigenvalue weighted by Gasteiger charge is 2.16. The second-order valence-corrected chi connectivity index (χ2v) is 4.39. The molecule has 0 unspecified atom stereocenters. The van der Waals surface area contributed by atoms with Gasteiger partial charge in [0, 0.05) is 45.5 Å². The molecule has 0 radical (unpaired) electrons. The van der Waals surface area contributed by atoms with Gasteiger partial charge in [0.05, 0.1) is 5.02 Å². The van der Waals surface area contributed by atoms with Crippen LogP contribution in [0.1, 0.15) is 0 Å². The van der Waals surface area contributed by atoms with Gasteiger partial charge in [-0.3, -0.25) is 4.90 Å². The maximum absolute atomic E-state index is 5.81. The summed E-state index contributed by atoms with van der Waals surface area (Å²) in [5.41, 5.74) is 5.54. The highest BCUT2D eigenvalue weighted by Crippen LogP contribution is 2.15. The van der Waals surface area contributed by atoms with Crippen LogP contribution in [0, 0.1) is 0 Å². The molecule has 1 saturated heterocycles. The average molecular weight is 277 g/mol. The molecule has 1 aliphatic rings. The summed E-state index contributed by atoms with van der Waals surface area (Å²) in [5.74, 6) is 1.01. The Labute approximate surface area is 113 Å². The lowest BCUT2D eigenvalue weighted by Gasteiger charge is -2.35. The molecule has 96 valence electrons. The van der Waals surface area contributed by atoms with Gasteiger partial charge in [-0.05, 0) is 12.1 Å². The minimum atomic E-state index is 0. The van der Waals surface area contributed by atoms with E-state index in [0.29, 0.717) is 5.02 Å². The van der Waals surface area contributed by atoms with Crippen LogP contribution in [0.4, 0.5) is 5.82 Å². The molecule has 0 spiro atoms. The molecule has 0 aromatic carbocycles. The topological polar surface area (TPSA) is 45.4 Å². The fourth-order valence-electron chi connectivity index (χ4n) is 1.94. The van der Waals surface area contributed by atoms with Gasteiger partial charge < -0.3 is 10.6 Å². The van der Waals surface area contributed by atoms with E-state index in [1.54, 1.807) is 6.20 Å². The van der Waals surface area contributed by atoms with Crippen molar-refractivity contribution in [1.29, 1.82) is 0 Å². The van der Waals surface area contributed by atoms with Crippen LogP contribution in [-0.2, 0) is 0 Å². The zero-order chi connectivity index (χ0) is 11.4. The average Bonchev–Trinajstić information content (AvgIpc) is 2.32. The summed E-state index contributed by atoms with van der Waals surface area (Å²) >= 11 is 5.81. The minimum Gasteiger partial charge on any atom is -0.354 e. The molecule has 0 bridgehead atoms. The van der Waals surface area contributed by atoms with Crippen LogP contribution in [0.15, 0.2) is 18.3 Å². The highest BCUT2D eigenvalue weighted by atomic mass is 35.5. The molecule has 4 nitrogen and oxygen atoms in total. The zero-order valence-electron chi connectivity index (χ0n) is 9.68. The number of nitrogens with zero attached hydrogens (tertiary/aromatic N) is 3. The Hall–Kier alpha value is -0.550. The molecule has 0 atom stereocenters. The summed E-state index contributed by atoms with van der Waals surface area (Å²) in [6, 6.07) is 3.86. The molecule has 2 N–H and O–H groups in total. The molecule has 0 aliphatic carbocycles. The predicted octanol–water partition coefficient (Wildman–Crippen LogP) is 1.24. The first-order valence-corrected chi connectivity index (χ1v) is 5.96. The molecule has 1 fully saturated rings. The van der Waals surface area contributed by atoms with Crippen molar-refractivity contribution in [2.45, 2.75) is 0 Å². The normalized spacial score (nSPS) is 16.7. The number of rotatable bonds is 3. The molecule has 0 amide bonds. The van der Waals surface area contributed by atoms with Gasteiger partial charge in [0.1, 0.15) is 5.82 Å². The van der Waals surface area contributed by atoms with Gasteiger partial charge in [0.25, 0.3) is 0 Å². The predicted molar refractivity (Wildman–Crippen MR) is 74.2 cm³/mol. The number of hydrogen-bond acceptors (Lipinski definition) is 4. The quantitative estimate of drug-likeness (QED) is 0.903. The van der Waals surface area contributed by atoms with Crippen molar-refractivity contribution < 1.29 is 0 Å². The molecule has 2 heterocycles. The fraction of sp³-hybridized carbons (Fsp3) is 0.545. The van der Waals surface area contributed by atoms with Gasteiger partial charge in [-0.2, -0.15) is 0 Å². The summed E-state index contributed by atoms with van der Waals surface area (Å²) in [7, 11) is 0. The molecule has 6 heteroatoms. The van der Waals surface area contributed by atoms with E-state index in [9.17, 15) is 0 Å². The summed E-state index contributed by atoms with van der Waals surface area (Å²) in [4.78, 5) is 8.99. The Balaban J connectivity index is 0.00000144. The van der Waals surface area contributed by atoms with Gasteiger partial charge in [-0.15, -0.1) is 12.4 Å². The standard InChI is InChI=1S/C11H17ClN4.ClH/c12-10-1-2-11(14-9-10)16-7-5-15(4-3-13)6-8-16;/h1-2,9H,3-8,13H2;1H. The number of halogens is 2. The Morgan fingerprint density at radius 3 is 2.47 bits per heavy atom. The van der Waals surface area contributed by atoms with Gasteiger partial charge in [0.15, 0.2) is 0 Å². The number of hydrogen-bond donors (Lipinski definition) is 1. The molecular weight excluding hydrogens is 259 g/mol. The van der Waals surface area contributed by atoms with Crippen LogP contribution in [0.3, 0.4) is 0 Å². The molecule has 1 aromatic heterocycles. The third kappa shape index (κ3) is 4.00. The molecule has 17 heavy (non-hydrogen) atoms. The van der Waals surface area contributed by atoms with Crippen molar-refractivity contribution in [1.82, 2.24) is 9.88 Å². The lowest BCUT2D eigenvalue weighted by molar-refractivity contribution is 0.264. The van der Waals surface area contributed by atoms with Gasteiger partial charge >= 0.3 is 0 Å². The second-order valence-electron chi connectivity index (χ2n) is 3.95. The Kier molecular flexibility index (Phi) is 5.98. The van der Waals surface area contributed by atoms with E-state index >= 15 is 0 Å². The first kappa shape index (κ1) is 14.5. The smallest absolute Gasteiger partial charge is 0.128 e. The minimum absolute atomic E-state index is 0. The number of nitrogens with two attached hydrogens (primary N) is 1. The molecule has 1 aromatic rings. The molecular formula is C11H18Cl2N4. The van der Waals surface area contributed by atoms with Crippen molar-refractivity contribution in [2.75, 3.05) is 44.2 Å². The van der Waals surface area contributed by atoms with E-state index in [2.05, 4.69) is 14.8 Å². The van der Waals surface area contributed by atoms with Crippen LogP contribution in [0.5, 0.6) is 0 Å². The SMILES string of the molecule is Cl.NCCN1CCN(c2ccc(Cl)cn2)CC1. The van der Waals surface area contributed by atoms with Crippen molar-refractivity contribution in [3.05, 3.63) is 23.4 Å². The summed E-state index contributed by atoms with van der Waals surface area (Å²) in [6.45, 7) is 5.85. The van der Waals surface area contributed by atoms with Crippen molar-refractivity contribution >= 4 is 29.8 Å². The summed E-state index contributed by atoms with van der Waals surface area (Å²) < 4.78 is 0. The largest absolute Gasteiger partial charge is 0.354 e. The summed E-state index contributed by atoms with van der Waals surface area (Å²) in [5, 5.41) is 0.686. The molecule has 1 aliphatic heterocycles. The van der Waals surface area contributed by atoms with Gasteiger partial charge in [0.2, 0.25) is 0 Å². The maximum Gasteiger partial charge on any atom is 0.128 e. The van der Waals surface area contributed by atoms with E-state index in [1.165, 1.54) is 0 Å². The van der Waals surface area contributed by atoms with Crippen LogP contribution in [0.2, 0.25) is 5.02 Å². The lowest BCUT2D eigenvalue weighted by Crippen LogP contribution is -2.48. The molecule has 2 rings (SSSR count). The van der Waals surface area contributed by atoms with Crippen molar-refractivity contribution in [3.63, 3.8) is 0 Å². The third-order valence-corrected chi connectivity index (χ3v) is 3.08. The van der Waals surface area contributed by atoms with Crippen LogP contribution < -0.4 is 10.6 Å². The Bertz CT molecular complexity index is 323. The lowest BCUT2D eigenvalue weighted by atomic mass is 10.3. The van der Waals surface area contributed by atoms with Crippen molar-refractivity contribution in [2.24, 2.45) is 5.73 Å². The zero-order valence-corrected chi connectivity index (χ0v) is 11.3. The third-order valence-electron chi connectivity index (χ3n) is 2.85. The van der Waals surface area contributed by atoms with Crippen LogP contribution >= 0.6 is 24.0 Å². The molecule has 0 saturated carbocycles. The Morgan fingerprint density at radius 2 is 1.94 bits per heavy atom. The number of pyridine rings is 1. The van der Waals surface area contributed by atoms with Crippen molar-refractivity contribution in [3.8, 4) is 0 Å². The van der Waals surface area contributed by atoms with E-state index in [4.69, 9.17) is 17.3 Å². The highest BCUT2D eigenvalue weighted by molar-refractivity contribution is 6.30. The van der Waals surface area contributed by atoms with Crippen LogP contribution in [0.25, 0.3) is 0 Å². The van der Waals surface area contributed by atoms with Gasteiger partial charge in [-0.1, -0.05) is 11.6 Å². The van der Waals surface area contributed by atoms with E-state index in [0.717, 1.165) is 45.1 Å². The Morgan fingerprint density at radius 1 is 1.24 bits per heavy atom. The monoisotopic (exact) mass is 276 g/mol.